The lowest BCUT2D eigenvalue weighted by molar-refractivity contribution is -0.159. The minimum atomic E-state index is -5.15. The molecule has 0 N–H and O–H groups in total. The van der Waals surface area contributed by atoms with E-state index < -0.39 is 71.8 Å². The van der Waals surface area contributed by atoms with Crippen molar-refractivity contribution in [3.63, 3.8) is 0 Å². The zero-order valence-electron chi connectivity index (χ0n) is 18.0. The van der Waals surface area contributed by atoms with Crippen molar-refractivity contribution >= 4 is 12.2 Å². The molecule has 1 aromatic carbocycles. The van der Waals surface area contributed by atoms with Gasteiger partial charge in [0.05, 0.1) is 42.9 Å². The maximum Gasteiger partial charge on any atom is 0.416 e. The van der Waals surface area contributed by atoms with Crippen LogP contribution in [-0.2, 0) is 26.6 Å². The number of halogens is 9. The number of esters is 1. The van der Waals surface area contributed by atoms with Gasteiger partial charge in [-0.1, -0.05) is 0 Å². The first-order valence-electron chi connectivity index (χ1n) is 9.34. The predicted octanol–water partition coefficient (Wildman–Crippen LogP) is 6.07. The lowest BCUT2D eigenvalue weighted by Crippen LogP contribution is -2.37. The molecule has 33 heavy (non-hydrogen) atoms. The summed E-state index contributed by atoms with van der Waals surface area (Å²) in [7, 11) is 0.906. The Morgan fingerprint density at radius 1 is 0.939 bits per heavy atom. The molecule has 0 aromatic heterocycles. The van der Waals surface area contributed by atoms with Crippen molar-refractivity contribution in [2.45, 2.75) is 57.4 Å². The SMILES string of the molecule is COC(=O)C(COC(C)(C)C)C(CC(F)(F)F)N=Cc1cc(C(F)(F)F)cc(C(F)(F)F)c1. The van der Waals surface area contributed by atoms with Gasteiger partial charge in [-0.2, -0.15) is 39.5 Å². The van der Waals surface area contributed by atoms with Crippen molar-refractivity contribution in [2.75, 3.05) is 13.7 Å². The average molecular weight is 495 g/mol. The Hall–Kier alpha value is -2.31. The van der Waals surface area contributed by atoms with Gasteiger partial charge in [-0.15, -0.1) is 0 Å². The first-order valence-corrected chi connectivity index (χ1v) is 9.34. The van der Waals surface area contributed by atoms with Crippen LogP contribution < -0.4 is 0 Å². The number of rotatable bonds is 7. The van der Waals surface area contributed by atoms with E-state index in [9.17, 15) is 44.3 Å². The van der Waals surface area contributed by atoms with Gasteiger partial charge in [-0.25, -0.2) is 0 Å². The van der Waals surface area contributed by atoms with Gasteiger partial charge < -0.3 is 9.47 Å². The first kappa shape index (κ1) is 28.7. The molecule has 0 bridgehead atoms. The van der Waals surface area contributed by atoms with Gasteiger partial charge in [0.2, 0.25) is 0 Å². The highest BCUT2D eigenvalue weighted by Crippen LogP contribution is 2.36. The van der Waals surface area contributed by atoms with E-state index in [1.165, 1.54) is 0 Å². The molecule has 4 nitrogen and oxygen atoms in total. The normalized spacial score (nSPS) is 15.5. The van der Waals surface area contributed by atoms with Crippen LogP contribution in [0.2, 0.25) is 0 Å². The molecule has 188 valence electrons. The summed E-state index contributed by atoms with van der Waals surface area (Å²) in [5.74, 6) is -2.76. The molecule has 0 spiro atoms. The van der Waals surface area contributed by atoms with Gasteiger partial charge in [-0.05, 0) is 44.5 Å². The van der Waals surface area contributed by atoms with Crippen LogP contribution in [0.15, 0.2) is 23.2 Å². The number of carbonyl (C=O) groups excluding carboxylic acids is 1. The van der Waals surface area contributed by atoms with Crippen molar-refractivity contribution < 1.29 is 53.8 Å². The van der Waals surface area contributed by atoms with E-state index in [1.54, 1.807) is 20.8 Å². The molecule has 0 amide bonds. The fourth-order valence-electron chi connectivity index (χ4n) is 2.60. The van der Waals surface area contributed by atoms with E-state index in [0.29, 0.717) is 18.3 Å². The summed E-state index contributed by atoms with van der Waals surface area (Å²) in [4.78, 5) is 15.6. The van der Waals surface area contributed by atoms with E-state index in [4.69, 9.17) is 4.74 Å². The Morgan fingerprint density at radius 2 is 1.42 bits per heavy atom. The minimum Gasteiger partial charge on any atom is -0.469 e. The van der Waals surface area contributed by atoms with E-state index >= 15 is 0 Å². The summed E-state index contributed by atoms with van der Waals surface area (Å²) in [5.41, 5.74) is -4.94. The number of alkyl halides is 9. The summed E-state index contributed by atoms with van der Waals surface area (Å²) in [6.45, 7) is 4.10. The lowest BCUT2D eigenvalue weighted by atomic mass is 9.97. The lowest BCUT2D eigenvalue weighted by Gasteiger charge is -2.27. The number of benzene rings is 1. The van der Waals surface area contributed by atoms with Crippen LogP contribution in [-0.4, -0.2) is 43.7 Å². The third kappa shape index (κ3) is 10.0. The summed E-state index contributed by atoms with van der Waals surface area (Å²) < 4.78 is 127. The Balaban J connectivity index is 3.47. The number of aliphatic imine (C=N–C) groups is 1. The molecule has 2 unspecified atom stereocenters. The summed E-state index contributed by atoms with van der Waals surface area (Å²) in [6, 6.07) is -1.44. The van der Waals surface area contributed by atoms with Crippen molar-refractivity contribution in [1.82, 2.24) is 0 Å². The molecule has 0 saturated heterocycles. The third-order valence-corrected chi connectivity index (χ3v) is 4.13. The predicted molar refractivity (Wildman–Crippen MR) is 99.7 cm³/mol. The molecule has 0 saturated carbocycles. The van der Waals surface area contributed by atoms with Crippen molar-refractivity contribution in [1.29, 1.82) is 0 Å². The fourth-order valence-corrected chi connectivity index (χ4v) is 2.60. The van der Waals surface area contributed by atoms with Crippen molar-refractivity contribution in [2.24, 2.45) is 10.9 Å². The topological polar surface area (TPSA) is 47.9 Å². The maximum atomic E-state index is 13.1. The summed E-state index contributed by atoms with van der Waals surface area (Å²) in [5, 5.41) is 0. The van der Waals surface area contributed by atoms with Crippen LogP contribution >= 0.6 is 0 Å². The minimum absolute atomic E-state index is 0.126. The van der Waals surface area contributed by atoms with E-state index in [0.717, 1.165) is 7.11 Å². The third-order valence-electron chi connectivity index (χ3n) is 4.13. The molecule has 0 radical (unpaired) electrons. The standard InChI is InChI=1S/C20H22F9NO3/c1-17(2,3)33-10-14(16(31)32-4)15(8-18(21,22)23)30-9-11-5-12(19(24,25)26)7-13(6-11)20(27,28)29/h5-7,9,14-15H,8,10H2,1-4H3. The second-order valence-electron chi connectivity index (χ2n) is 8.06. The van der Waals surface area contributed by atoms with Gasteiger partial charge in [0, 0.05) is 6.21 Å². The van der Waals surface area contributed by atoms with E-state index in [2.05, 4.69) is 9.73 Å². The molecule has 13 heteroatoms. The Labute approximate surface area is 183 Å². The molecular weight excluding hydrogens is 473 g/mol. The van der Waals surface area contributed by atoms with E-state index in [1.807, 2.05) is 0 Å². The smallest absolute Gasteiger partial charge is 0.416 e. The average Bonchev–Trinajstić information content (AvgIpc) is 2.62. The van der Waals surface area contributed by atoms with Crippen LogP contribution in [0.25, 0.3) is 0 Å². The molecule has 1 aromatic rings. The molecule has 1 rings (SSSR count). The highest BCUT2D eigenvalue weighted by molar-refractivity contribution is 5.81. The van der Waals surface area contributed by atoms with Gasteiger partial charge in [0.15, 0.2) is 0 Å². The largest absolute Gasteiger partial charge is 0.469 e. The molecule has 0 aliphatic rings. The van der Waals surface area contributed by atoms with Gasteiger partial charge in [0.1, 0.15) is 5.92 Å². The summed E-state index contributed by atoms with van der Waals surface area (Å²) in [6.07, 6.45) is -16.4. The molecule has 2 atom stereocenters. The highest BCUT2D eigenvalue weighted by atomic mass is 19.4. The number of carbonyl (C=O) groups is 1. The second kappa shape index (κ2) is 10.3. The molecule has 0 heterocycles. The fraction of sp³-hybridized carbons (Fsp3) is 0.600. The van der Waals surface area contributed by atoms with Crippen LogP contribution in [0.5, 0.6) is 0 Å². The van der Waals surface area contributed by atoms with Gasteiger partial charge in [-0.3, -0.25) is 9.79 Å². The van der Waals surface area contributed by atoms with Gasteiger partial charge >= 0.3 is 24.5 Å². The highest BCUT2D eigenvalue weighted by Gasteiger charge is 2.40. The van der Waals surface area contributed by atoms with Crippen molar-refractivity contribution in [3.05, 3.63) is 34.9 Å². The number of nitrogens with zero attached hydrogens (tertiary/aromatic N) is 1. The Bertz CT molecular complexity index is 805. The Morgan fingerprint density at radius 3 is 1.79 bits per heavy atom. The molecule has 0 aliphatic heterocycles. The molecule has 0 aliphatic carbocycles. The monoisotopic (exact) mass is 495 g/mol. The molecular formula is C20H22F9NO3. The Kier molecular flexibility index (Phi) is 8.97. The molecule has 0 fully saturated rings. The summed E-state index contributed by atoms with van der Waals surface area (Å²) >= 11 is 0. The quantitative estimate of drug-likeness (QED) is 0.262. The van der Waals surface area contributed by atoms with Gasteiger partial charge in [0.25, 0.3) is 0 Å². The van der Waals surface area contributed by atoms with Crippen LogP contribution in [0.4, 0.5) is 39.5 Å². The number of ether oxygens (including phenoxy) is 2. The maximum absolute atomic E-state index is 13.1. The van der Waals surface area contributed by atoms with E-state index in [-0.39, 0.29) is 6.07 Å². The zero-order valence-corrected chi connectivity index (χ0v) is 18.0. The van der Waals surface area contributed by atoms with Crippen LogP contribution in [0.3, 0.4) is 0 Å². The van der Waals surface area contributed by atoms with Crippen LogP contribution in [0, 0.1) is 5.92 Å². The van der Waals surface area contributed by atoms with Crippen LogP contribution in [0.1, 0.15) is 43.9 Å². The number of hydrogen-bond donors (Lipinski definition) is 0. The second-order valence-corrected chi connectivity index (χ2v) is 8.06. The van der Waals surface area contributed by atoms with Crippen molar-refractivity contribution in [3.8, 4) is 0 Å². The number of methoxy groups -OCH3 is 1. The zero-order chi connectivity index (χ0) is 25.8. The number of hydrogen-bond acceptors (Lipinski definition) is 4. The first-order chi connectivity index (χ1) is 14.7.